The molecule has 0 fully saturated rings. The lowest BCUT2D eigenvalue weighted by Crippen LogP contribution is -2.04. The summed E-state index contributed by atoms with van der Waals surface area (Å²) in [6, 6.07) is 13.9. The minimum absolute atomic E-state index is 0.179. The standard InChI is InChI=1S/C16H12N2O3/c1-10(19)21-12-8-6-11(7-9-12)16(20)15-13-4-2-3-5-14(13)17-18-15/h2-9H,1H3,(H,17,18). The Morgan fingerprint density at radius 2 is 1.76 bits per heavy atom. The van der Waals surface area contributed by atoms with E-state index >= 15 is 0 Å². The first kappa shape index (κ1) is 13.1. The number of aromatic amines is 1. The molecule has 21 heavy (non-hydrogen) atoms. The van der Waals surface area contributed by atoms with Crippen LogP contribution in [-0.2, 0) is 4.79 Å². The van der Waals surface area contributed by atoms with E-state index in [1.165, 1.54) is 6.92 Å². The fourth-order valence-corrected chi connectivity index (χ4v) is 2.11. The number of ketones is 1. The highest BCUT2D eigenvalue weighted by molar-refractivity contribution is 6.14. The Morgan fingerprint density at radius 3 is 2.48 bits per heavy atom. The second kappa shape index (κ2) is 5.20. The molecule has 3 aromatic rings. The molecule has 0 bridgehead atoms. The van der Waals surface area contributed by atoms with Gasteiger partial charge in [0.05, 0.1) is 5.52 Å². The second-order valence-corrected chi connectivity index (χ2v) is 4.56. The van der Waals surface area contributed by atoms with Crippen LogP contribution in [0.2, 0.25) is 0 Å². The molecule has 0 atom stereocenters. The number of aromatic nitrogens is 2. The molecule has 0 spiro atoms. The summed E-state index contributed by atoms with van der Waals surface area (Å²) in [5, 5.41) is 7.70. The lowest BCUT2D eigenvalue weighted by molar-refractivity contribution is -0.131. The molecule has 0 radical (unpaired) electrons. The first-order valence-corrected chi connectivity index (χ1v) is 6.41. The van der Waals surface area contributed by atoms with Gasteiger partial charge in [0.15, 0.2) is 0 Å². The zero-order valence-electron chi connectivity index (χ0n) is 11.3. The number of nitrogens with zero attached hydrogens (tertiary/aromatic N) is 1. The number of hydrogen-bond acceptors (Lipinski definition) is 4. The Morgan fingerprint density at radius 1 is 1.05 bits per heavy atom. The number of fused-ring (bicyclic) bond motifs is 1. The van der Waals surface area contributed by atoms with E-state index in [-0.39, 0.29) is 5.78 Å². The first-order chi connectivity index (χ1) is 10.1. The van der Waals surface area contributed by atoms with Gasteiger partial charge < -0.3 is 4.74 Å². The smallest absolute Gasteiger partial charge is 0.308 e. The molecule has 0 saturated heterocycles. The molecule has 3 rings (SSSR count). The summed E-state index contributed by atoms with van der Waals surface area (Å²) in [4.78, 5) is 23.3. The van der Waals surface area contributed by atoms with Crippen LogP contribution < -0.4 is 4.74 Å². The van der Waals surface area contributed by atoms with Crippen LogP contribution in [-0.4, -0.2) is 21.9 Å². The Bertz CT molecular complexity index is 819. The van der Waals surface area contributed by atoms with Gasteiger partial charge in [-0.3, -0.25) is 14.7 Å². The van der Waals surface area contributed by atoms with Gasteiger partial charge in [0.1, 0.15) is 11.4 Å². The number of H-pyrrole nitrogens is 1. The number of esters is 1. The molecule has 0 amide bonds. The Kier molecular flexibility index (Phi) is 3.23. The quantitative estimate of drug-likeness (QED) is 0.455. The van der Waals surface area contributed by atoms with Crippen molar-refractivity contribution in [1.29, 1.82) is 0 Å². The van der Waals surface area contributed by atoms with Crippen molar-refractivity contribution < 1.29 is 14.3 Å². The molecule has 0 aliphatic carbocycles. The molecular weight excluding hydrogens is 268 g/mol. The highest BCUT2D eigenvalue weighted by atomic mass is 16.5. The number of carbonyl (C=O) groups excluding carboxylic acids is 2. The molecule has 0 saturated carbocycles. The lowest BCUT2D eigenvalue weighted by atomic mass is 10.1. The van der Waals surface area contributed by atoms with Crippen LogP contribution in [0.15, 0.2) is 48.5 Å². The van der Waals surface area contributed by atoms with Crippen LogP contribution in [0.5, 0.6) is 5.75 Å². The second-order valence-electron chi connectivity index (χ2n) is 4.56. The average molecular weight is 280 g/mol. The van der Waals surface area contributed by atoms with Crippen LogP contribution >= 0.6 is 0 Å². The summed E-state index contributed by atoms with van der Waals surface area (Å²) in [7, 11) is 0. The molecular formula is C16H12N2O3. The molecule has 0 aliphatic heterocycles. The highest BCUT2D eigenvalue weighted by Gasteiger charge is 2.15. The van der Waals surface area contributed by atoms with Crippen molar-refractivity contribution in [3.05, 3.63) is 59.8 Å². The maximum Gasteiger partial charge on any atom is 0.308 e. The third-order valence-electron chi connectivity index (χ3n) is 3.06. The Hall–Kier alpha value is -2.95. The summed E-state index contributed by atoms with van der Waals surface area (Å²) in [5.41, 5.74) is 1.69. The average Bonchev–Trinajstić information content (AvgIpc) is 2.90. The normalized spacial score (nSPS) is 10.5. The van der Waals surface area contributed by atoms with Crippen LogP contribution in [0.3, 0.4) is 0 Å². The number of carbonyl (C=O) groups is 2. The van der Waals surface area contributed by atoms with E-state index in [4.69, 9.17) is 4.74 Å². The van der Waals surface area contributed by atoms with Gasteiger partial charge >= 0.3 is 5.97 Å². The summed E-state index contributed by atoms with van der Waals surface area (Å²) < 4.78 is 4.94. The van der Waals surface area contributed by atoms with E-state index in [1.54, 1.807) is 24.3 Å². The minimum Gasteiger partial charge on any atom is -0.427 e. The number of hydrogen-bond donors (Lipinski definition) is 1. The molecule has 5 nitrogen and oxygen atoms in total. The molecule has 1 N–H and O–H groups in total. The van der Waals surface area contributed by atoms with Crippen LogP contribution in [0, 0.1) is 0 Å². The van der Waals surface area contributed by atoms with E-state index in [9.17, 15) is 9.59 Å². The van der Waals surface area contributed by atoms with Crippen molar-refractivity contribution in [3.63, 3.8) is 0 Å². The zero-order chi connectivity index (χ0) is 14.8. The van der Waals surface area contributed by atoms with Crippen LogP contribution in [0.1, 0.15) is 23.0 Å². The van der Waals surface area contributed by atoms with Crippen molar-refractivity contribution in [1.82, 2.24) is 10.2 Å². The molecule has 5 heteroatoms. The monoisotopic (exact) mass is 280 g/mol. The predicted octanol–water partition coefficient (Wildman–Crippen LogP) is 2.72. The lowest BCUT2D eigenvalue weighted by Gasteiger charge is -2.02. The van der Waals surface area contributed by atoms with Gasteiger partial charge in [-0.2, -0.15) is 5.10 Å². The van der Waals surface area contributed by atoms with Crippen LogP contribution in [0.4, 0.5) is 0 Å². The van der Waals surface area contributed by atoms with Gasteiger partial charge in [-0.1, -0.05) is 18.2 Å². The molecule has 2 aromatic carbocycles. The number of benzene rings is 2. The number of ether oxygens (including phenoxy) is 1. The molecule has 1 aromatic heterocycles. The van der Waals surface area contributed by atoms with Crippen molar-refractivity contribution in [2.45, 2.75) is 6.92 Å². The molecule has 0 unspecified atom stereocenters. The number of nitrogens with one attached hydrogen (secondary N) is 1. The topological polar surface area (TPSA) is 72.1 Å². The largest absolute Gasteiger partial charge is 0.427 e. The van der Waals surface area contributed by atoms with Gasteiger partial charge in [0, 0.05) is 17.9 Å². The summed E-state index contributed by atoms with van der Waals surface area (Å²) in [6.45, 7) is 1.33. The van der Waals surface area contributed by atoms with Crippen molar-refractivity contribution in [3.8, 4) is 5.75 Å². The molecule has 0 aliphatic rings. The first-order valence-electron chi connectivity index (χ1n) is 6.41. The number of para-hydroxylation sites is 1. The zero-order valence-corrected chi connectivity index (χ0v) is 11.3. The van der Waals surface area contributed by atoms with Crippen molar-refractivity contribution in [2.75, 3.05) is 0 Å². The SMILES string of the molecule is CC(=O)Oc1ccc(C(=O)c2n[nH]c3ccccc23)cc1. The van der Waals surface area contributed by atoms with E-state index < -0.39 is 5.97 Å². The van der Waals surface area contributed by atoms with E-state index in [2.05, 4.69) is 10.2 Å². The summed E-state index contributed by atoms with van der Waals surface area (Å²) in [6.07, 6.45) is 0. The highest BCUT2D eigenvalue weighted by Crippen LogP contribution is 2.20. The van der Waals surface area contributed by atoms with Gasteiger partial charge in [-0.05, 0) is 30.3 Å². The minimum atomic E-state index is -0.396. The number of rotatable bonds is 3. The van der Waals surface area contributed by atoms with Gasteiger partial charge in [-0.15, -0.1) is 0 Å². The Labute approximate surface area is 120 Å². The fourth-order valence-electron chi connectivity index (χ4n) is 2.11. The van der Waals surface area contributed by atoms with Crippen molar-refractivity contribution >= 4 is 22.7 Å². The summed E-state index contributed by atoms with van der Waals surface area (Å²) in [5.74, 6) is -0.167. The summed E-state index contributed by atoms with van der Waals surface area (Å²) >= 11 is 0. The maximum absolute atomic E-state index is 12.5. The van der Waals surface area contributed by atoms with E-state index in [0.717, 1.165) is 10.9 Å². The third-order valence-corrected chi connectivity index (χ3v) is 3.06. The van der Waals surface area contributed by atoms with E-state index in [0.29, 0.717) is 17.0 Å². The molecule has 104 valence electrons. The molecule has 1 heterocycles. The van der Waals surface area contributed by atoms with Gasteiger partial charge in [0.2, 0.25) is 5.78 Å². The fraction of sp³-hybridized carbons (Fsp3) is 0.0625. The Balaban J connectivity index is 1.93. The predicted molar refractivity (Wildman–Crippen MR) is 77.3 cm³/mol. The van der Waals surface area contributed by atoms with Gasteiger partial charge in [0.25, 0.3) is 0 Å². The maximum atomic E-state index is 12.5. The van der Waals surface area contributed by atoms with E-state index in [1.807, 2.05) is 24.3 Å². The van der Waals surface area contributed by atoms with Gasteiger partial charge in [-0.25, -0.2) is 0 Å². The third kappa shape index (κ3) is 2.53. The van der Waals surface area contributed by atoms with Crippen molar-refractivity contribution in [2.24, 2.45) is 0 Å². The van der Waals surface area contributed by atoms with Crippen LogP contribution in [0.25, 0.3) is 10.9 Å².